The predicted octanol–water partition coefficient (Wildman–Crippen LogP) is 3.09. The van der Waals surface area contributed by atoms with Crippen LogP contribution in [-0.4, -0.2) is 35.5 Å². The normalized spacial score (nSPS) is 10.9. The average molecular weight is 394 g/mol. The van der Waals surface area contributed by atoms with Gasteiger partial charge in [-0.3, -0.25) is 14.9 Å². The molecule has 4 aromatic rings. The van der Waals surface area contributed by atoms with E-state index in [0.29, 0.717) is 11.3 Å². The number of carbonyl (C=O) groups is 1. The van der Waals surface area contributed by atoms with E-state index in [1.807, 2.05) is 0 Å². The molecule has 0 saturated carbocycles. The van der Waals surface area contributed by atoms with Gasteiger partial charge in [0.2, 0.25) is 0 Å². The molecule has 0 radical (unpaired) electrons. The number of aromatic hydroxyl groups is 2. The fraction of sp³-hybridized carbons (Fsp3) is 0. The lowest BCUT2D eigenvalue weighted by Gasteiger charge is -2.04. The number of aromatic nitrogens is 3. The Balaban J connectivity index is 1.75. The number of carbonyl (C=O) groups excluding carboxylic acids is 1. The minimum absolute atomic E-state index is 0.0336. The molecule has 2 N–H and O–H groups in total. The van der Waals surface area contributed by atoms with E-state index in [-0.39, 0.29) is 28.1 Å². The maximum atomic E-state index is 13.2. The lowest BCUT2D eigenvalue weighted by molar-refractivity contribution is -0.384. The van der Waals surface area contributed by atoms with Crippen molar-refractivity contribution in [2.75, 3.05) is 0 Å². The smallest absolute Gasteiger partial charge is 0.270 e. The second-order valence-corrected chi connectivity index (χ2v) is 6.12. The van der Waals surface area contributed by atoms with Crippen LogP contribution in [0.2, 0.25) is 0 Å². The highest BCUT2D eigenvalue weighted by Crippen LogP contribution is 2.30. The van der Waals surface area contributed by atoms with Gasteiger partial charge in [-0.05, 0) is 18.2 Å². The SMILES string of the molecule is O=C(c1cnc2cc(-c3ccc(F)cc3O)nn2c1)c1cc([N+](=O)[O-])ccc1O. The summed E-state index contributed by atoms with van der Waals surface area (Å²) in [4.78, 5) is 27.1. The molecule has 0 amide bonds. The molecule has 10 heteroatoms. The Morgan fingerprint density at radius 2 is 1.90 bits per heavy atom. The van der Waals surface area contributed by atoms with Crippen LogP contribution in [0.3, 0.4) is 0 Å². The summed E-state index contributed by atoms with van der Waals surface area (Å²) in [6, 6.07) is 8.15. The van der Waals surface area contributed by atoms with E-state index in [0.717, 1.165) is 24.3 Å². The van der Waals surface area contributed by atoms with Crippen LogP contribution < -0.4 is 0 Å². The molecular weight excluding hydrogens is 383 g/mol. The number of phenols is 2. The van der Waals surface area contributed by atoms with Crippen LogP contribution in [0.15, 0.2) is 54.9 Å². The minimum Gasteiger partial charge on any atom is -0.507 e. The zero-order valence-electron chi connectivity index (χ0n) is 14.5. The van der Waals surface area contributed by atoms with E-state index < -0.39 is 22.3 Å². The molecule has 9 nitrogen and oxygen atoms in total. The Bertz CT molecular complexity index is 1300. The van der Waals surface area contributed by atoms with Gasteiger partial charge in [0.05, 0.1) is 21.7 Å². The van der Waals surface area contributed by atoms with Crippen molar-refractivity contribution < 1.29 is 24.3 Å². The Hall–Kier alpha value is -4.34. The predicted molar refractivity (Wildman–Crippen MR) is 98.2 cm³/mol. The maximum Gasteiger partial charge on any atom is 0.270 e. The minimum atomic E-state index is -0.678. The standard InChI is InChI=1S/C19H11FN4O5/c20-11-1-3-13(17(26)5-11)15-7-18-21-8-10(9-23(18)22-15)19(27)14-6-12(24(28)29)2-4-16(14)25/h1-9,25-26H. The summed E-state index contributed by atoms with van der Waals surface area (Å²) in [6.45, 7) is 0. The quantitative estimate of drug-likeness (QED) is 0.309. The highest BCUT2D eigenvalue weighted by Gasteiger charge is 2.19. The number of nitro benzene ring substituents is 1. The number of non-ortho nitro benzene ring substituents is 1. The molecule has 144 valence electrons. The molecule has 2 aromatic carbocycles. The fourth-order valence-electron chi connectivity index (χ4n) is 2.82. The van der Waals surface area contributed by atoms with Crippen molar-refractivity contribution in [2.24, 2.45) is 0 Å². The van der Waals surface area contributed by atoms with Crippen LogP contribution in [-0.2, 0) is 0 Å². The van der Waals surface area contributed by atoms with Crippen LogP contribution in [0.1, 0.15) is 15.9 Å². The van der Waals surface area contributed by atoms with Gasteiger partial charge in [-0.15, -0.1) is 0 Å². The van der Waals surface area contributed by atoms with Gasteiger partial charge in [-0.25, -0.2) is 13.9 Å². The monoisotopic (exact) mass is 394 g/mol. The lowest BCUT2D eigenvalue weighted by atomic mass is 10.0. The zero-order chi connectivity index (χ0) is 20.7. The van der Waals surface area contributed by atoms with Crippen molar-refractivity contribution in [3.8, 4) is 22.8 Å². The number of halogens is 1. The van der Waals surface area contributed by atoms with E-state index in [1.54, 1.807) is 0 Å². The van der Waals surface area contributed by atoms with E-state index in [2.05, 4.69) is 10.1 Å². The van der Waals surface area contributed by atoms with Crippen LogP contribution in [0.25, 0.3) is 16.9 Å². The van der Waals surface area contributed by atoms with E-state index in [9.17, 15) is 29.5 Å². The van der Waals surface area contributed by atoms with Gasteiger partial charge in [-0.1, -0.05) is 0 Å². The van der Waals surface area contributed by atoms with Gasteiger partial charge in [0.1, 0.15) is 17.3 Å². The molecule has 0 aliphatic carbocycles. The Kier molecular flexibility index (Phi) is 4.15. The molecule has 2 aromatic heterocycles. The first-order chi connectivity index (χ1) is 13.8. The number of phenolic OH excluding ortho intramolecular Hbond substituents is 2. The van der Waals surface area contributed by atoms with Crippen molar-refractivity contribution >= 4 is 17.1 Å². The first-order valence-corrected chi connectivity index (χ1v) is 8.20. The zero-order valence-corrected chi connectivity index (χ0v) is 14.5. The third kappa shape index (κ3) is 3.23. The van der Waals surface area contributed by atoms with Gasteiger partial charge in [-0.2, -0.15) is 5.10 Å². The highest BCUT2D eigenvalue weighted by molar-refractivity contribution is 6.10. The van der Waals surface area contributed by atoms with E-state index in [1.165, 1.54) is 35.1 Å². The lowest BCUT2D eigenvalue weighted by Crippen LogP contribution is -2.05. The fourth-order valence-corrected chi connectivity index (χ4v) is 2.82. The Labute approximate surface area is 161 Å². The number of nitro groups is 1. The summed E-state index contributed by atoms with van der Waals surface area (Å²) in [5.41, 5.74) is 0.381. The van der Waals surface area contributed by atoms with Crippen molar-refractivity contribution in [3.05, 3.63) is 81.9 Å². The summed E-state index contributed by atoms with van der Waals surface area (Å²) in [5, 5.41) is 35.0. The topological polar surface area (TPSA) is 131 Å². The largest absolute Gasteiger partial charge is 0.507 e. The molecule has 29 heavy (non-hydrogen) atoms. The Morgan fingerprint density at radius 3 is 2.62 bits per heavy atom. The van der Waals surface area contributed by atoms with Gasteiger partial charge < -0.3 is 10.2 Å². The van der Waals surface area contributed by atoms with Crippen molar-refractivity contribution in [2.45, 2.75) is 0 Å². The van der Waals surface area contributed by atoms with Crippen LogP contribution in [0.5, 0.6) is 11.5 Å². The molecule has 0 fully saturated rings. The molecule has 0 aliphatic rings. The van der Waals surface area contributed by atoms with Crippen LogP contribution >= 0.6 is 0 Å². The number of rotatable bonds is 4. The molecule has 0 atom stereocenters. The second kappa shape index (κ2) is 6.68. The van der Waals surface area contributed by atoms with Gasteiger partial charge in [0.25, 0.3) is 5.69 Å². The average Bonchev–Trinajstić information content (AvgIpc) is 3.10. The third-order valence-corrected chi connectivity index (χ3v) is 4.25. The third-order valence-electron chi connectivity index (χ3n) is 4.25. The highest BCUT2D eigenvalue weighted by atomic mass is 19.1. The molecule has 0 bridgehead atoms. The molecule has 0 spiro atoms. The summed E-state index contributed by atoms with van der Waals surface area (Å²) in [7, 11) is 0. The molecular formula is C19H11FN4O5. The number of hydrogen-bond acceptors (Lipinski definition) is 7. The van der Waals surface area contributed by atoms with Crippen molar-refractivity contribution in [1.82, 2.24) is 14.6 Å². The van der Waals surface area contributed by atoms with Gasteiger partial charge in [0, 0.05) is 42.2 Å². The summed E-state index contributed by atoms with van der Waals surface area (Å²) in [5.74, 6) is -1.98. The van der Waals surface area contributed by atoms with Crippen molar-refractivity contribution in [1.29, 1.82) is 0 Å². The van der Waals surface area contributed by atoms with E-state index >= 15 is 0 Å². The van der Waals surface area contributed by atoms with Gasteiger partial charge in [0.15, 0.2) is 11.4 Å². The molecule has 0 unspecified atom stereocenters. The first kappa shape index (κ1) is 18.0. The first-order valence-electron chi connectivity index (χ1n) is 8.20. The van der Waals surface area contributed by atoms with Crippen molar-refractivity contribution in [3.63, 3.8) is 0 Å². The molecule has 4 rings (SSSR count). The number of nitrogens with zero attached hydrogens (tertiary/aromatic N) is 4. The number of hydrogen-bond donors (Lipinski definition) is 2. The van der Waals surface area contributed by atoms with Crippen LogP contribution in [0.4, 0.5) is 10.1 Å². The molecule has 2 heterocycles. The number of benzene rings is 2. The van der Waals surface area contributed by atoms with Gasteiger partial charge >= 0.3 is 0 Å². The number of fused-ring (bicyclic) bond motifs is 1. The molecule has 0 aliphatic heterocycles. The van der Waals surface area contributed by atoms with E-state index in [4.69, 9.17) is 0 Å². The summed E-state index contributed by atoms with van der Waals surface area (Å²) >= 11 is 0. The summed E-state index contributed by atoms with van der Waals surface area (Å²) in [6.07, 6.45) is 2.58. The Morgan fingerprint density at radius 1 is 1.10 bits per heavy atom. The molecule has 0 saturated heterocycles. The van der Waals surface area contributed by atoms with Crippen LogP contribution in [0, 0.1) is 15.9 Å². The number of ketones is 1. The summed E-state index contributed by atoms with van der Waals surface area (Å²) < 4.78 is 14.5. The second-order valence-electron chi connectivity index (χ2n) is 6.12. The maximum absolute atomic E-state index is 13.2.